The van der Waals surface area contributed by atoms with Gasteiger partial charge >= 0.3 is 0 Å². The minimum atomic E-state index is 0.655. The van der Waals surface area contributed by atoms with Gasteiger partial charge in [-0.15, -0.1) is 0 Å². The summed E-state index contributed by atoms with van der Waals surface area (Å²) in [5.74, 6) is 2.37. The van der Waals surface area contributed by atoms with E-state index in [0.717, 1.165) is 29.6 Å². The van der Waals surface area contributed by atoms with E-state index < -0.39 is 0 Å². The summed E-state index contributed by atoms with van der Waals surface area (Å²) in [6.45, 7) is 2.07. The monoisotopic (exact) mass is 407 g/mol. The van der Waals surface area contributed by atoms with E-state index in [4.69, 9.17) is 9.47 Å². The van der Waals surface area contributed by atoms with Crippen molar-refractivity contribution >= 4 is 5.96 Å². The number of ether oxygens (including phenoxy) is 2. The SMILES string of the molecule is CN=C(NCc1ccccc1Cn1cccn1)N(C)Cc1ccc(OC)cc1OC. The van der Waals surface area contributed by atoms with Crippen molar-refractivity contribution in [2.75, 3.05) is 28.3 Å². The molecule has 1 aromatic heterocycles. The van der Waals surface area contributed by atoms with E-state index >= 15 is 0 Å². The molecule has 3 aromatic rings. The molecule has 0 aliphatic carbocycles. The zero-order valence-corrected chi connectivity index (χ0v) is 18.0. The van der Waals surface area contributed by atoms with Crippen molar-refractivity contribution in [3.05, 3.63) is 77.6 Å². The van der Waals surface area contributed by atoms with Crippen LogP contribution in [0.15, 0.2) is 65.9 Å². The number of methoxy groups -OCH3 is 2. The molecule has 0 unspecified atom stereocenters. The number of hydrogen-bond donors (Lipinski definition) is 1. The average Bonchev–Trinajstić information content (AvgIpc) is 3.28. The van der Waals surface area contributed by atoms with Crippen molar-refractivity contribution in [3.8, 4) is 11.5 Å². The molecule has 3 rings (SSSR count). The fourth-order valence-corrected chi connectivity index (χ4v) is 3.32. The molecule has 158 valence electrons. The first kappa shape index (κ1) is 21.2. The molecule has 1 heterocycles. The zero-order valence-electron chi connectivity index (χ0n) is 18.0. The van der Waals surface area contributed by atoms with Gasteiger partial charge in [-0.05, 0) is 29.3 Å². The molecule has 2 aromatic carbocycles. The summed E-state index contributed by atoms with van der Waals surface area (Å²) in [6, 6.07) is 16.2. The minimum Gasteiger partial charge on any atom is -0.497 e. The van der Waals surface area contributed by atoms with Crippen LogP contribution >= 0.6 is 0 Å². The Morgan fingerprint density at radius 2 is 1.87 bits per heavy atom. The normalized spacial score (nSPS) is 11.3. The molecule has 0 amide bonds. The highest BCUT2D eigenvalue weighted by Crippen LogP contribution is 2.25. The fraction of sp³-hybridized carbons (Fsp3) is 0.304. The van der Waals surface area contributed by atoms with Crippen LogP contribution < -0.4 is 14.8 Å². The quantitative estimate of drug-likeness (QED) is 0.459. The Morgan fingerprint density at radius 1 is 1.07 bits per heavy atom. The summed E-state index contributed by atoms with van der Waals surface area (Å²) in [5, 5.41) is 7.78. The molecule has 0 radical (unpaired) electrons. The van der Waals surface area contributed by atoms with Crippen molar-refractivity contribution in [1.82, 2.24) is 20.0 Å². The minimum absolute atomic E-state index is 0.655. The fourth-order valence-electron chi connectivity index (χ4n) is 3.32. The molecular weight excluding hydrogens is 378 g/mol. The van der Waals surface area contributed by atoms with Crippen LogP contribution in [0, 0.1) is 0 Å². The van der Waals surface area contributed by atoms with Gasteiger partial charge in [0, 0.05) is 51.2 Å². The lowest BCUT2D eigenvalue weighted by atomic mass is 10.1. The maximum Gasteiger partial charge on any atom is 0.193 e. The van der Waals surface area contributed by atoms with E-state index in [2.05, 4.69) is 44.6 Å². The predicted octanol–water partition coefficient (Wildman–Crippen LogP) is 3.16. The van der Waals surface area contributed by atoms with Gasteiger partial charge in [-0.1, -0.05) is 24.3 Å². The average molecular weight is 408 g/mol. The first-order valence-electron chi connectivity index (χ1n) is 9.81. The number of aromatic nitrogens is 2. The second-order valence-electron chi connectivity index (χ2n) is 6.91. The summed E-state index contributed by atoms with van der Waals surface area (Å²) in [4.78, 5) is 6.51. The molecule has 1 N–H and O–H groups in total. The van der Waals surface area contributed by atoms with Gasteiger partial charge in [0.2, 0.25) is 0 Å². The molecule has 30 heavy (non-hydrogen) atoms. The van der Waals surface area contributed by atoms with Crippen molar-refractivity contribution in [1.29, 1.82) is 0 Å². The first-order valence-corrected chi connectivity index (χ1v) is 9.81. The maximum atomic E-state index is 5.52. The van der Waals surface area contributed by atoms with Gasteiger partial charge < -0.3 is 19.7 Å². The van der Waals surface area contributed by atoms with Crippen LogP contribution in [0.2, 0.25) is 0 Å². The molecule has 0 saturated heterocycles. The van der Waals surface area contributed by atoms with Gasteiger partial charge in [-0.2, -0.15) is 5.10 Å². The third-order valence-corrected chi connectivity index (χ3v) is 4.92. The van der Waals surface area contributed by atoms with Crippen LogP contribution in [0.3, 0.4) is 0 Å². The zero-order chi connectivity index (χ0) is 21.3. The molecule has 7 nitrogen and oxygen atoms in total. The Labute approximate surface area is 178 Å². The summed E-state index contributed by atoms with van der Waals surface area (Å²) in [6.07, 6.45) is 3.77. The maximum absolute atomic E-state index is 5.52. The lowest BCUT2D eigenvalue weighted by Gasteiger charge is -2.24. The van der Waals surface area contributed by atoms with Crippen LogP contribution in [0.25, 0.3) is 0 Å². The van der Waals surface area contributed by atoms with Crippen molar-refractivity contribution in [2.45, 2.75) is 19.6 Å². The summed E-state index contributed by atoms with van der Waals surface area (Å²) >= 11 is 0. The second kappa shape index (κ2) is 10.3. The van der Waals surface area contributed by atoms with Crippen LogP contribution in [0.5, 0.6) is 11.5 Å². The highest BCUT2D eigenvalue weighted by molar-refractivity contribution is 5.79. The van der Waals surface area contributed by atoms with E-state index in [9.17, 15) is 0 Å². The third kappa shape index (κ3) is 5.31. The highest BCUT2D eigenvalue weighted by Gasteiger charge is 2.12. The predicted molar refractivity (Wildman–Crippen MR) is 119 cm³/mol. The van der Waals surface area contributed by atoms with Crippen LogP contribution in [-0.4, -0.2) is 49.0 Å². The highest BCUT2D eigenvalue weighted by atomic mass is 16.5. The number of benzene rings is 2. The van der Waals surface area contributed by atoms with Gasteiger partial charge in [0.1, 0.15) is 11.5 Å². The van der Waals surface area contributed by atoms with E-state index in [1.165, 1.54) is 11.1 Å². The van der Waals surface area contributed by atoms with Gasteiger partial charge in [0.25, 0.3) is 0 Å². The number of nitrogens with one attached hydrogen (secondary N) is 1. The molecule has 0 bridgehead atoms. The summed E-state index contributed by atoms with van der Waals surface area (Å²) in [5.41, 5.74) is 3.50. The molecule has 0 saturated carbocycles. The lowest BCUT2D eigenvalue weighted by molar-refractivity contribution is 0.382. The summed E-state index contributed by atoms with van der Waals surface area (Å²) in [7, 11) is 7.12. The van der Waals surface area contributed by atoms with Crippen LogP contribution in [0.1, 0.15) is 16.7 Å². The smallest absolute Gasteiger partial charge is 0.193 e. The Kier molecular flexibility index (Phi) is 7.32. The van der Waals surface area contributed by atoms with Crippen LogP contribution in [0.4, 0.5) is 0 Å². The molecule has 7 heteroatoms. The number of aliphatic imine (C=N–C) groups is 1. The Balaban J connectivity index is 1.66. The van der Waals surface area contributed by atoms with Gasteiger partial charge in [-0.3, -0.25) is 9.67 Å². The van der Waals surface area contributed by atoms with Crippen molar-refractivity contribution < 1.29 is 9.47 Å². The summed E-state index contributed by atoms with van der Waals surface area (Å²) < 4.78 is 12.7. The third-order valence-electron chi connectivity index (χ3n) is 4.92. The Bertz CT molecular complexity index is 969. The number of rotatable bonds is 8. The lowest BCUT2D eigenvalue weighted by Crippen LogP contribution is -2.38. The topological polar surface area (TPSA) is 63.9 Å². The standard InChI is InChI=1S/C23H29N5O2/c1-24-23(27(2)16-20-10-11-21(29-3)14-22(20)30-4)25-15-18-8-5-6-9-19(18)17-28-13-7-12-26-28/h5-14H,15-17H2,1-4H3,(H,24,25). The molecule has 0 spiro atoms. The number of guanidine groups is 1. The van der Waals surface area contributed by atoms with E-state index in [0.29, 0.717) is 13.1 Å². The Morgan fingerprint density at radius 3 is 2.53 bits per heavy atom. The number of hydrogen-bond acceptors (Lipinski definition) is 4. The van der Waals surface area contributed by atoms with Gasteiger partial charge in [-0.25, -0.2) is 0 Å². The Hall–Kier alpha value is -3.48. The first-order chi connectivity index (χ1) is 14.6. The van der Waals surface area contributed by atoms with Crippen LogP contribution in [-0.2, 0) is 19.6 Å². The molecule has 0 fully saturated rings. The number of nitrogens with zero attached hydrogens (tertiary/aromatic N) is 4. The van der Waals surface area contributed by atoms with Gasteiger partial charge in [0.05, 0.1) is 20.8 Å². The molecule has 0 aliphatic rings. The molecule has 0 atom stereocenters. The van der Waals surface area contributed by atoms with Crippen molar-refractivity contribution in [2.24, 2.45) is 4.99 Å². The second-order valence-corrected chi connectivity index (χ2v) is 6.91. The van der Waals surface area contributed by atoms with E-state index in [1.54, 1.807) is 27.5 Å². The largest absolute Gasteiger partial charge is 0.497 e. The van der Waals surface area contributed by atoms with Crippen molar-refractivity contribution in [3.63, 3.8) is 0 Å². The molecular formula is C23H29N5O2. The van der Waals surface area contributed by atoms with Gasteiger partial charge in [0.15, 0.2) is 5.96 Å². The molecule has 0 aliphatic heterocycles. The van der Waals surface area contributed by atoms with E-state index in [1.807, 2.05) is 42.2 Å². The van der Waals surface area contributed by atoms with E-state index in [-0.39, 0.29) is 0 Å².